The summed E-state index contributed by atoms with van der Waals surface area (Å²) in [6, 6.07) is 4.30. The third-order valence-corrected chi connectivity index (χ3v) is 4.51. The van der Waals surface area contributed by atoms with Crippen molar-refractivity contribution in [1.29, 1.82) is 0 Å². The lowest BCUT2D eigenvalue weighted by atomic mass is 10.2. The van der Waals surface area contributed by atoms with Crippen LogP contribution in [0.3, 0.4) is 0 Å². The number of hydrogen-bond donors (Lipinski definition) is 1. The number of nitrogens with one attached hydrogen (secondary N) is 1. The summed E-state index contributed by atoms with van der Waals surface area (Å²) >= 11 is 0. The Kier molecular flexibility index (Phi) is 3.75. The molecule has 0 atom stereocenters. The number of piperazine rings is 1. The molecule has 0 amide bonds. The number of anilines is 1. The highest BCUT2D eigenvalue weighted by molar-refractivity contribution is 5.52. The smallest absolute Gasteiger partial charge is 0.137 e. The molecular formula is C17H22N6. The van der Waals surface area contributed by atoms with E-state index in [9.17, 15) is 0 Å². The normalized spacial score (nSPS) is 16.3. The van der Waals surface area contributed by atoms with Crippen LogP contribution in [0.2, 0.25) is 0 Å². The zero-order valence-electron chi connectivity index (χ0n) is 13.4. The maximum absolute atomic E-state index is 4.60. The molecule has 3 aromatic heterocycles. The van der Waals surface area contributed by atoms with E-state index in [0.29, 0.717) is 0 Å². The summed E-state index contributed by atoms with van der Waals surface area (Å²) < 4.78 is 2.14. The van der Waals surface area contributed by atoms with Crippen LogP contribution < -0.4 is 4.90 Å². The van der Waals surface area contributed by atoms with E-state index >= 15 is 0 Å². The highest BCUT2D eigenvalue weighted by Gasteiger charge is 2.18. The lowest BCUT2D eigenvalue weighted by Gasteiger charge is -2.35. The van der Waals surface area contributed by atoms with Gasteiger partial charge in [-0.3, -0.25) is 4.90 Å². The van der Waals surface area contributed by atoms with E-state index in [4.69, 9.17) is 0 Å². The molecule has 1 N–H and O–H groups in total. The van der Waals surface area contributed by atoms with Crippen molar-refractivity contribution >= 4 is 11.3 Å². The molecule has 4 heterocycles. The second-order valence-electron chi connectivity index (χ2n) is 6.04. The van der Waals surface area contributed by atoms with Crippen molar-refractivity contribution in [3.8, 4) is 0 Å². The minimum atomic E-state index is 0.904. The Labute approximate surface area is 135 Å². The van der Waals surface area contributed by atoms with Gasteiger partial charge >= 0.3 is 0 Å². The molecular weight excluding hydrogens is 288 g/mol. The molecule has 23 heavy (non-hydrogen) atoms. The second-order valence-corrected chi connectivity index (χ2v) is 6.04. The minimum Gasteiger partial charge on any atom is -0.368 e. The Morgan fingerprint density at radius 1 is 1.13 bits per heavy atom. The number of imidazole rings is 2. The van der Waals surface area contributed by atoms with Crippen molar-refractivity contribution in [1.82, 2.24) is 24.3 Å². The second kappa shape index (κ2) is 6.04. The van der Waals surface area contributed by atoms with Gasteiger partial charge in [0.2, 0.25) is 0 Å². The summed E-state index contributed by atoms with van der Waals surface area (Å²) in [7, 11) is 0. The summed E-state index contributed by atoms with van der Waals surface area (Å²) in [5.74, 6) is 1.05. The lowest BCUT2D eigenvalue weighted by molar-refractivity contribution is 0.244. The molecule has 1 aliphatic heterocycles. The molecule has 0 saturated carbocycles. The number of nitrogens with zero attached hydrogens (tertiary/aromatic N) is 5. The summed E-state index contributed by atoms with van der Waals surface area (Å²) in [5.41, 5.74) is 3.45. The molecule has 1 fully saturated rings. The van der Waals surface area contributed by atoms with E-state index < -0.39 is 0 Å². The van der Waals surface area contributed by atoms with E-state index in [1.54, 1.807) is 0 Å². The molecule has 6 nitrogen and oxygen atoms in total. The molecule has 0 radical (unpaired) electrons. The van der Waals surface area contributed by atoms with Gasteiger partial charge in [0.05, 0.1) is 17.9 Å². The van der Waals surface area contributed by atoms with Crippen LogP contribution in [0.1, 0.15) is 18.4 Å². The molecule has 0 unspecified atom stereocenters. The summed E-state index contributed by atoms with van der Waals surface area (Å²) in [5, 5.41) is 0. The summed E-state index contributed by atoms with van der Waals surface area (Å²) in [6.45, 7) is 7.25. The van der Waals surface area contributed by atoms with Gasteiger partial charge in [-0.05, 0) is 18.6 Å². The molecule has 1 aliphatic rings. The van der Waals surface area contributed by atoms with Gasteiger partial charge in [0.1, 0.15) is 11.5 Å². The van der Waals surface area contributed by atoms with Crippen molar-refractivity contribution in [2.45, 2.75) is 19.9 Å². The molecule has 0 bridgehead atoms. The number of H-pyrrole nitrogens is 1. The van der Waals surface area contributed by atoms with Crippen LogP contribution >= 0.6 is 0 Å². The van der Waals surface area contributed by atoms with Crippen LogP contribution in [-0.2, 0) is 13.0 Å². The van der Waals surface area contributed by atoms with Crippen molar-refractivity contribution in [3.63, 3.8) is 0 Å². The standard InChI is InChI=1S/C17H22N6/c1-2-14-11-23-12-15(3-4-17(23)20-14)22-9-7-21(8-10-22)13-16-18-5-6-19-16/h3-6,11-12H,2,7-10,13H2,1H3,(H,18,19). The van der Waals surface area contributed by atoms with Gasteiger partial charge in [-0.2, -0.15) is 0 Å². The van der Waals surface area contributed by atoms with Gasteiger partial charge in [0, 0.05) is 51.0 Å². The Balaban J connectivity index is 1.43. The maximum Gasteiger partial charge on any atom is 0.137 e. The zero-order chi connectivity index (χ0) is 15.6. The summed E-state index contributed by atoms with van der Waals surface area (Å²) in [6.07, 6.45) is 9.01. The first kappa shape index (κ1) is 14.3. The number of rotatable bonds is 4. The first-order valence-electron chi connectivity index (χ1n) is 8.25. The highest BCUT2D eigenvalue weighted by atomic mass is 15.3. The number of aryl methyl sites for hydroxylation is 1. The van der Waals surface area contributed by atoms with Crippen LogP contribution in [-0.4, -0.2) is 50.4 Å². The van der Waals surface area contributed by atoms with Crippen molar-refractivity contribution in [2.75, 3.05) is 31.1 Å². The largest absolute Gasteiger partial charge is 0.368 e. The fraction of sp³-hybridized carbons (Fsp3) is 0.412. The van der Waals surface area contributed by atoms with Gasteiger partial charge in [-0.25, -0.2) is 9.97 Å². The molecule has 120 valence electrons. The number of aromatic nitrogens is 4. The first-order valence-corrected chi connectivity index (χ1v) is 8.25. The number of fused-ring (bicyclic) bond motifs is 1. The van der Waals surface area contributed by atoms with E-state index in [0.717, 1.165) is 56.3 Å². The van der Waals surface area contributed by atoms with Crippen LogP contribution in [0.4, 0.5) is 5.69 Å². The zero-order valence-corrected chi connectivity index (χ0v) is 13.4. The number of aromatic amines is 1. The van der Waals surface area contributed by atoms with E-state index in [2.05, 4.69) is 60.6 Å². The highest BCUT2D eigenvalue weighted by Crippen LogP contribution is 2.18. The first-order chi connectivity index (χ1) is 11.3. The van der Waals surface area contributed by atoms with Crippen molar-refractivity contribution in [2.24, 2.45) is 0 Å². The topological polar surface area (TPSA) is 52.5 Å². The van der Waals surface area contributed by atoms with Crippen LogP contribution in [0.5, 0.6) is 0 Å². The van der Waals surface area contributed by atoms with E-state index in [1.165, 1.54) is 5.69 Å². The van der Waals surface area contributed by atoms with Gasteiger partial charge in [0.25, 0.3) is 0 Å². The minimum absolute atomic E-state index is 0.904. The fourth-order valence-electron chi connectivity index (χ4n) is 3.15. The summed E-state index contributed by atoms with van der Waals surface area (Å²) in [4.78, 5) is 17.0. The van der Waals surface area contributed by atoms with Crippen LogP contribution in [0, 0.1) is 0 Å². The SMILES string of the molecule is CCc1cn2cc(N3CCN(Cc4ncc[nH]4)CC3)ccc2n1. The third-order valence-electron chi connectivity index (χ3n) is 4.51. The Morgan fingerprint density at radius 3 is 2.74 bits per heavy atom. The number of hydrogen-bond acceptors (Lipinski definition) is 4. The Morgan fingerprint density at radius 2 is 2.00 bits per heavy atom. The van der Waals surface area contributed by atoms with E-state index in [-0.39, 0.29) is 0 Å². The third kappa shape index (κ3) is 2.94. The molecule has 3 aromatic rings. The molecule has 0 aliphatic carbocycles. The molecule has 6 heteroatoms. The van der Waals surface area contributed by atoms with Gasteiger partial charge < -0.3 is 14.3 Å². The van der Waals surface area contributed by atoms with Crippen molar-refractivity contribution < 1.29 is 0 Å². The molecule has 0 aromatic carbocycles. The van der Waals surface area contributed by atoms with Crippen molar-refractivity contribution in [3.05, 3.63) is 48.4 Å². The Hall–Kier alpha value is -2.34. The molecule has 0 spiro atoms. The fourth-order valence-corrected chi connectivity index (χ4v) is 3.15. The predicted octanol–water partition coefficient (Wildman–Crippen LogP) is 1.94. The molecule has 1 saturated heterocycles. The average Bonchev–Trinajstić information content (AvgIpc) is 3.23. The molecule has 4 rings (SSSR count). The maximum atomic E-state index is 4.60. The lowest BCUT2D eigenvalue weighted by Crippen LogP contribution is -2.46. The predicted molar refractivity (Wildman–Crippen MR) is 90.6 cm³/mol. The quantitative estimate of drug-likeness (QED) is 0.800. The van der Waals surface area contributed by atoms with Crippen LogP contribution in [0.15, 0.2) is 36.9 Å². The van der Waals surface area contributed by atoms with Crippen LogP contribution in [0.25, 0.3) is 5.65 Å². The Bertz CT molecular complexity index is 768. The monoisotopic (exact) mass is 310 g/mol. The van der Waals surface area contributed by atoms with Gasteiger partial charge in [0.15, 0.2) is 0 Å². The average molecular weight is 310 g/mol. The van der Waals surface area contributed by atoms with E-state index in [1.807, 2.05) is 12.4 Å². The van der Waals surface area contributed by atoms with Gasteiger partial charge in [-0.1, -0.05) is 6.92 Å². The van der Waals surface area contributed by atoms with Gasteiger partial charge in [-0.15, -0.1) is 0 Å². The number of pyridine rings is 1.